The van der Waals surface area contributed by atoms with Crippen LogP contribution in [0.3, 0.4) is 0 Å². The van der Waals surface area contributed by atoms with Gasteiger partial charge < -0.3 is 14.9 Å². The average Bonchev–Trinajstić information content (AvgIpc) is 3.05. The molecule has 0 saturated carbocycles. The SMILES string of the molecule is CCOc1ccc(CN2C[C@H]3CN(CCO)C[C@@]3(C(=O)O)C2)cc1Cl. The van der Waals surface area contributed by atoms with Gasteiger partial charge in [0, 0.05) is 45.2 Å². The van der Waals surface area contributed by atoms with Gasteiger partial charge >= 0.3 is 5.97 Å². The van der Waals surface area contributed by atoms with Gasteiger partial charge in [-0.05, 0) is 24.6 Å². The maximum absolute atomic E-state index is 12.0. The van der Waals surface area contributed by atoms with Crippen LogP contribution in [0, 0.1) is 11.3 Å². The van der Waals surface area contributed by atoms with E-state index in [-0.39, 0.29) is 12.5 Å². The minimum absolute atomic E-state index is 0.0663. The smallest absolute Gasteiger partial charge is 0.312 e. The Morgan fingerprint density at radius 3 is 2.68 bits per heavy atom. The molecule has 1 aromatic rings. The molecule has 0 unspecified atom stereocenters. The third kappa shape index (κ3) is 3.62. The Morgan fingerprint density at radius 1 is 1.36 bits per heavy atom. The first-order valence-corrected chi connectivity index (χ1v) is 9.06. The fraction of sp³-hybridized carbons (Fsp3) is 0.611. The average molecular weight is 369 g/mol. The van der Waals surface area contributed by atoms with Gasteiger partial charge in [0.2, 0.25) is 0 Å². The summed E-state index contributed by atoms with van der Waals surface area (Å²) < 4.78 is 5.46. The number of aliphatic hydroxyl groups is 1. The van der Waals surface area contributed by atoms with Crippen molar-refractivity contribution >= 4 is 17.6 Å². The van der Waals surface area contributed by atoms with E-state index >= 15 is 0 Å². The number of carboxylic acids is 1. The molecule has 25 heavy (non-hydrogen) atoms. The van der Waals surface area contributed by atoms with Gasteiger partial charge in [0.15, 0.2) is 0 Å². The summed E-state index contributed by atoms with van der Waals surface area (Å²) in [6.07, 6.45) is 0. The topological polar surface area (TPSA) is 73.2 Å². The minimum atomic E-state index is -0.732. The maximum Gasteiger partial charge on any atom is 0.312 e. The Kier molecular flexibility index (Phi) is 5.53. The van der Waals surface area contributed by atoms with Crippen LogP contribution in [0.25, 0.3) is 0 Å². The van der Waals surface area contributed by atoms with Gasteiger partial charge in [0.1, 0.15) is 5.75 Å². The van der Waals surface area contributed by atoms with Crippen molar-refractivity contribution in [3.05, 3.63) is 28.8 Å². The molecule has 3 rings (SSSR count). The van der Waals surface area contributed by atoms with E-state index in [4.69, 9.17) is 21.4 Å². The van der Waals surface area contributed by atoms with E-state index in [0.29, 0.717) is 43.6 Å². The second-order valence-electron chi connectivity index (χ2n) is 6.98. The van der Waals surface area contributed by atoms with Crippen LogP contribution in [-0.2, 0) is 11.3 Å². The molecule has 2 heterocycles. The summed E-state index contributed by atoms with van der Waals surface area (Å²) in [4.78, 5) is 16.2. The molecule has 0 aliphatic carbocycles. The van der Waals surface area contributed by atoms with Crippen LogP contribution >= 0.6 is 11.6 Å². The number of ether oxygens (including phenoxy) is 1. The van der Waals surface area contributed by atoms with Crippen LogP contribution in [0.2, 0.25) is 5.02 Å². The van der Waals surface area contributed by atoms with Crippen LogP contribution in [0.4, 0.5) is 0 Å². The molecule has 0 radical (unpaired) electrons. The highest BCUT2D eigenvalue weighted by Crippen LogP contribution is 2.43. The van der Waals surface area contributed by atoms with Crippen LogP contribution in [0.5, 0.6) is 5.75 Å². The number of fused-ring (bicyclic) bond motifs is 1. The summed E-state index contributed by atoms with van der Waals surface area (Å²) >= 11 is 6.25. The molecule has 0 aromatic heterocycles. The van der Waals surface area contributed by atoms with Crippen molar-refractivity contribution in [2.45, 2.75) is 13.5 Å². The van der Waals surface area contributed by atoms with Crippen molar-refractivity contribution in [2.75, 3.05) is 45.9 Å². The van der Waals surface area contributed by atoms with Crippen LogP contribution in [0.1, 0.15) is 12.5 Å². The lowest BCUT2D eigenvalue weighted by atomic mass is 9.81. The highest BCUT2D eigenvalue weighted by Gasteiger charge is 2.57. The first-order chi connectivity index (χ1) is 12.0. The Hall–Kier alpha value is -1.34. The number of hydrogen-bond donors (Lipinski definition) is 2. The second-order valence-corrected chi connectivity index (χ2v) is 7.39. The summed E-state index contributed by atoms with van der Waals surface area (Å²) in [6.45, 7) is 6.28. The lowest BCUT2D eigenvalue weighted by molar-refractivity contribution is -0.149. The van der Waals surface area contributed by atoms with Gasteiger partial charge in [-0.2, -0.15) is 0 Å². The maximum atomic E-state index is 12.0. The largest absolute Gasteiger partial charge is 0.492 e. The number of hydrogen-bond acceptors (Lipinski definition) is 5. The van der Waals surface area contributed by atoms with Gasteiger partial charge in [-0.25, -0.2) is 0 Å². The van der Waals surface area contributed by atoms with E-state index in [2.05, 4.69) is 9.80 Å². The fourth-order valence-electron chi connectivity index (χ4n) is 4.18. The van der Waals surface area contributed by atoms with Crippen LogP contribution in [0.15, 0.2) is 18.2 Å². The van der Waals surface area contributed by atoms with Gasteiger partial charge in [-0.15, -0.1) is 0 Å². The molecule has 7 heteroatoms. The minimum Gasteiger partial charge on any atom is -0.492 e. The first-order valence-electron chi connectivity index (χ1n) is 8.68. The zero-order chi connectivity index (χ0) is 18.0. The second kappa shape index (κ2) is 7.50. The molecular formula is C18H25ClN2O4. The molecular weight excluding hydrogens is 344 g/mol. The monoisotopic (exact) mass is 368 g/mol. The summed E-state index contributed by atoms with van der Waals surface area (Å²) in [5.74, 6) is 0.0349. The lowest BCUT2D eigenvalue weighted by Crippen LogP contribution is -2.41. The van der Waals surface area contributed by atoms with Crippen molar-refractivity contribution in [3.8, 4) is 5.75 Å². The van der Waals surface area contributed by atoms with Crippen molar-refractivity contribution < 1.29 is 19.7 Å². The molecule has 0 spiro atoms. The third-order valence-electron chi connectivity index (χ3n) is 5.29. The standard InChI is InChI=1S/C18H25ClN2O4/c1-2-25-16-4-3-13(7-15(16)19)8-21-10-14-9-20(5-6-22)11-18(14,12-21)17(23)24/h3-4,7,14,22H,2,5-6,8-12H2,1H3,(H,23,24)/t14-,18-/m1/s1. The molecule has 2 aliphatic heterocycles. The van der Waals surface area contributed by atoms with Crippen molar-refractivity contribution in [1.82, 2.24) is 9.80 Å². The third-order valence-corrected chi connectivity index (χ3v) is 5.59. The Bertz CT molecular complexity index is 642. The number of carbonyl (C=O) groups is 1. The molecule has 2 aliphatic rings. The highest BCUT2D eigenvalue weighted by molar-refractivity contribution is 6.32. The van der Waals surface area contributed by atoms with E-state index in [0.717, 1.165) is 18.7 Å². The molecule has 1 aromatic carbocycles. The quantitative estimate of drug-likeness (QED) is 0.760. The number of rotatable bonds is 7. The van der Waals surface area contributed by atoms with Gasteiger partial charge in [0.25, 0.3) is 0 Å². The predicted molar refractivity (Wildman–Crippen MR) is 95.0 cm³/mol. The Balaban J connectivity index is 1.69. The molecule has 2 fully saturated rings. The molecule has 0 amide bonds. The zero-order valence-corrected chi connectivity index (χ0v) is 15.2. The van der Waals surface area contributed by atoms with Crippen LogP contribution < -0.4 is 4.74 Å². The van der Waals surface area contributed by atoms with Gasteiger partial charge in [-0.1, -0.05) is 17.7 Å². The zero-order valence-electron chi connectivity index (χ0n) is 14.4. The number of aliphatic hydroxyl groups excluding tert-OH is 1. The summed E-state index contributed by atoms with van der Waals surface area (Å²) in [7, 11) is 0. The van der Waals surface area contributed by atoms with Crippen molar-refractivity contribution in [3.63, 3.8) is 0 Å². The number of likely N-dealkylation sites (tertiary alicyclic amines) is 2. The molecule has 0 bridgehead atoms. The van der Waals surface area contributed by atoms with E-state index in [1.54, 1.807) is 0 Å². The van der Waals surface area contributed by atoms with Gasteiger partial charge in [0.05, 0.1) is 23.7 Å². The number of benzene rings is 1. The van der Waals surface area contributed by atoms with E-state index in [1.165, 1.54) is 0 Å². The highest BCUT2D eigenvalue weighted by atomic mass is 35.5. The molecule has 2 saturated heterocycles. The molecule has 2 atom stereocenters. The summed E-state index contributed by atoms with van der Waals surface area (Å²) in [6, 6.07) is 5.75. The number of carboxylic acid groups (broad SMARTS) is 1. The number of aliphatic carboxylic acids is 1. The van der Waals surface area contributed by atoms with Crippen molar-refractivity contribution in [2.24, 2.45) is 11.3 Å². The van der Waals surface area contributed by atoms with E-state index in [1.807, 2.05) is 25.1 Å². The Morgan fingerprint density at radius 2 is 2.08 bits per heavy atom. The lowest BCUT2D eigenvalue weighted by Gasteiger charge is -2.25. The summed E-state index contributed by atoms with van der Waals surface area (Å²) in [5, 5.41) is 19.5. The number of nitrogens with zero attached hydrogens (tertiary/aromatic N) is 2. The summed E-state index contributed by atoms with van der Waals surface area (Å²) in [5.41, 5.74) is 0.325. The van der Waals surface area contributed by atoms with Crippen LogP contribution in [-0.4, -0.2) is 71.9 Å². The normalized spacial score (nSPS) is 26.8. The number of β-amino-alcohol motifs (C(OH)–C–C–N with tert-alkyl or cyclic N) is 1. The molecule has 138 valence electrons. The molecule has 6 nitrogen and oxygen atoms in total. The predicted octanol–water partition coefficient (Wildman–Crippen LogP) is 1.55. The first kappa shape index (κ1) is 18.5. The van der Waals surface area contributed by atoms with Gasteiger partial charge in [-0.3, -0.25) is 14.6 Å². The fourth-order valence-corrected chi connectivity index (χ4v) is 4.44. The van der Waals surface area contributed by atoms with Crippen molar-refractivity contribution in [1.29, 1.82) is 0 Å². The van der Waals surface area contributed by atoms with E-state index < -0.39 is 11.4 Å². The number of halogens is 1. The molecule has 2 N–H and O–H groups in total. The van der Waals surface area contributed by atoms with E-state index in [9.17, 15) is 9.90 Å². The Labute approximate surface area is 152 Å².